The van der Waals surface area contributed by atoms with Gasteiger partial charge in [-0.05, 0) is 6.07 Å². The van der Waals surface area contributed by atoms with Crippen LogP contribution in [0.2, 0.25) is 5.21 Å². The third kappa shape index (κ3) is 8.70. The zero-order chi connectivity index (χ0) is 28.2. The molecule has 3 rings (SSSR count). The Morgan fingerprint density at radius 2 is 1.54 bits per heavy atom. The zero-order valence-electron chi connectivity index (χ0n) is 22.8. The normalized spacial score (nSPS) is 13.0. The van der Waals surface area contributed by atoms with Crippen LogP contribution in [0.4, 0.5) is 0 Å². The van der Waals surface area contributed by atoms with Crippen molar-refractivity contribution in [3.8, 4) is 28.7 Å². The second-order valence-electron chi connectivity index (χ2n) is 8.47. The van der Waals surface area contributed by atoms with E-state index >= 15 is 0 Å². The number of hydrogen-bond donors (Lipinski definition) is 1. The van der Waals surface area contributed by atoms with Crippen molar-refractivity contribution in [2.75, 3.05) is 35.0 Å². The molecule has 0 aliphatic rings. The number of esters is 1. The zero-order valence-corrected chi connectivity index (χ0v) is 24.9. The molecule has 0 bridgehead atoms. The van der Waals surface area contributed by atoms with E-state index in [0.29, 0.717) is 50.7 Å². The summed E-state index contributed by atoms with van der Waals surface area (Å²) in [6, 6.07) is 19.9. The minimum atomic E-state index is -0.610. The van der Waals surface area contributed by atoms with Crippen molar-refractivity contribution < 1.29 is 38.3 Å². The summed E-state index contributed by atoms with van der Waals surface area (Å²) >= 11 is -0.594. The van der Waals surface area contributed by atoms with E-state index in [9.17, 15) is 9.90 Å². The number of methoxy groups -OCH3 is 4. The van der Waals surface area contributed by atoms with Crippen LogP contribution in [-0.2, 0) is 9.53 Å². The summed E-state index contributed by atoms with van der Waals surface area (Å²) < 4.78 is 32.8. The van der Waals surface area contributed by atoms with Crippen molar-refractivity contribution in [2.45, 2.75) is 23.1 Å². The molecule has 0 spiro atoms. The Morgan fingerprint density at radius 3 is 2.18 bits per heavy atom. The number of carbonyl (C=O) groups is 1. The molecular weight excluding hydrogens is 563 g/mol. The first-order chi connectivity index (χ1) is 18.9. The molecule has 9 heteroatoms. The molecule has 0 radical (unpaired) electrons. The van der Waals surface area contributed by atoms with Crippen molar-refractivity contribution in [1.29, 1.82) is 0 Å². The number of carbonyl (C=O) groups excluding carboxylic acids is 1. The molecule has 0 fully saturated rings. The fraction of sp³-hybridized carbons (Fsp3) is 0.300. The maximum absolute atomic E-state index is 12.6. The van der Waals surface area contributed by atoms with Gasteiger partial charge < -0.3 is 9.47 Å². The second-order valence-corrected chi connectivity index (χ2v) is 11.9. The van der Waals surface area contributed by atoms with Gasteiger partial charge in [0.05, 0.1) is 14.2 Å². The Morgan fingerprint density at radius 1 is 0.872 bits per heavy atom. The van der Waals surface area contributed by atoms with Crippen molar-refractivity contribution in [2.24, 2.45) is 0 Å². The van der Waals surface area contributed by atoms with E-state index in [0.717, 1.165) is 0 Å². The molecule has 0 amide bonds. The average molecular weight is 599 g/mol. The van der Waals surface area contributed by atoms with E-state index in [1.54, 1.807) is 63.8 Å². The maximum atomic E-state index is 12.6. The van der Waals surface area contributed by atoms with Crippen LogP contribution in [0.25, 0.3) is 11.6 Å². The molecule has 3 unspecified atom stereocenters. The standard InChI is InChI=1S/C30H35AsO8/c1-20(39-28-9-7-6-8-27(28)35-3)31-18-23(32)19-38-24-13-10-21(11-14-24)26(30(33)37-5)16-22-12-15-25(34-2)17-29(22)36-4/h6-17,20,23,31-32H,18-19H2,1-5H3. The van der Waals surface area contributed by atoms with E-state index in [2.05, 4.69) is 0 Å². The van der Waals surface area contributed by atoms with Crippen LogP contribution in [0.15, 0.2) is 66.7 Å². The third-order valence-electron chi connectivity index (χ3n) is 5.77. The van der Waals surface area contributed by atoms with Crippen LogP contribution < -0.4 is 23.7 Å². The molecule has 0 aliphatic heterocycles. The number of rotatable bonds is 14. The minimum absolute atomic E-state index is 0.0167. The Bertz CT molecular complexity index is 1240. The van der Waals surface area contributed by atoms with Crippen molar-refractivity contribution in [3.05, 3.63) is 77.9 Å². The molecule has 3 atom stereocenters. The van der Waals surface area contributed by atoms with Crippen LogP contribution in [-0.4, -0.2) is 72.9 Å². The van der Waals surface area contributed by atoms with Gasteiger partial charge in [0.25, 0.3) is 0 Å². The molecule has 39 heavy (non-hydrogen) atoms. The number of ether oxygens (including phenoxy) is 6. The molecule has 0 aromatic heterocycles. The van der Waals surface area contributed by atoms with Gasteiger partial charge in [-0.2, -0.15) is 0 Å². The van der Waals surface area contributed by atoms with Crippen molar-refractivity contribution >= 4 is 33.4 Å². The first-order valence-corrected chi connectivity index (χ1v) is 15.0. The molecule has 0 heterocycles. The summed E-state index contributed by atoms with van der Waals surface area (Å²) in [7, 11) is 6.08. The van der Waals surface area contributed by atoms with Gasteiger partial charge in [-0.15, -0.1) is 0 Å². The fourth-order valence-electron chi connectivity index (χ4n) is 3.70. The van der Waals surface area contributed by atoms with Crippen LogP contribution >= 0.6 is 0 Å². The molecule has 1 N–H and O–H groups in total. The van der Waals surface area contributed by atoms with Gasteiger partial charge in [0.1, 0.15) is 5.75 Å². The molecule has 0 saturated heterocycles. The van der Waals surface area contributed by atoms with Gasteiger partial charge in [0, 0.05) is 6.07 Å². The van der Waals surface area contributed by atoms with Crippen molar-refractivity contribution in [1.82, 2.24) is 0 Å². The number of benzene rings is 3. The molecule has 0 aliphatic carbocycles. The average Bonchev–Trinajstić information content (AvgIpc) is 2.97. The molecule has 8 nitrogen and oxygen atoms in total. The van der Waals surface area contributed by atoms with Crippen LogP contribution in [0, 0.1) is 0 Å². The van der Waals surface area contributed by atoms with Gasteiger partial charge in [-0.1, -0.05) is 0 Å². The summed E-state index contributed by atoms with van der Waals surface area (Å²) in [4.78, 5) is 12.6. The predicted octanol–water partition coefficient (Wildman–Crippen LogP) is 4.45. The number of aliphatic hydroxyl groups excluding tert-OH is 1. The molecule has 3 aromatic rings. The summed E-state index contributed by atoms with van der Waals surface area (Å²) in [6.07, 6.45) is 1.10. The Labute approximate surface area is 236 Å². The van der Waals surface area contributed by atoms with E-state index < -0.39 is 27.8 Å². The van der Waals surface area contributed by atoms with Gasteiger partial charge in [0.2, 0.25) is 0 Å². The first-order valence-electron chi connectivity index (χ1n) is 12.3. The fourth-order valence-corrected chi connectivity index (χ4v) is 5.65. The third-order valence-corrected chi connectivity index (χ3v) is 8.70. The summed E-state index contributed by atoms with van der Waals surface area (Å²) in [5, 5.41) is 11.1. The predicted molar refractivity (Wildman–Crippen MR) is 152 cm³/mol. The molecular formula is C30H35AsO8. The van der Waals surface area contributed by atoms with Gasteiger partial charge in [-0.3, -0.25) is 0 Å². The number of aliphatic hydroxyl groups is 1. The SMILES string of the molecule is COC(=O)C(=Cc1ccc(OC)cc1OC)c1ccc(OCC(O)C[AsH]C(C)Oc2ccccc2OC)cc1. The topological polar surface area (TPSA) is 92.7 Å². The molecule has 3 aromatic carbocycles. The Hall–Kier alpha value is -3.61. The van der Waals surface area contributed by atoms with Gasteiger partial charge in [-0.25, -0.2) is 0 Å². The number of hydrogen-bond acceptors (Lipinski definition) is 8. The quantitative estimate of drug-likeness (QED) is 0.126. The Kier molecular flexibility index (Phi) is 11.6. The number of para-hydroxylation sites is 2. The second kappa shape index (κ2) is 15.1. The van der Waals surface area contributed by atoms with Crippen molar-refractivity contribution in [3.63, 3.8) is 0 Å². The van der Waals surface area contributed by atoms with E-state index in [1.807, 2.05) is 37.3 Å². The van der Waals surface area contributed by atoms with Crippen LogP contribution in [0.5, 0.6) is 28.7 Å². The summed E-state index contributed by atoms with van der Waals surface area (Å²) in [5.41, 5.74) is 1.72. The Balaban J connectivity index is 1.59. The van der Waals surface area contributed by atoms with E-state index in [4.69, 9.17) is 28.4 Å². The van der Waals surface area contributed by atoms with Crippen LogP contribution in [0.3, 0.4) is 0 Å². The first kappa shape index (κ1) is 29.9. The van der Waals surface area contributed by atoms with Gasteiger partial charge >= 0.3 is 195 Å². The monoisotopic (exact) mass is 598 g/mol. The van der Waals surface area contributed by atoms with Gasteiger partial charge in [0.15, 0.2) is 0 Å². The molecule has 208 valence electrons. The van der Waals surface area contributed by atoms with E-state index in [1.165, 1.54) is 7.11 Å². The van der Waals surface area contributed by atoms with E-state index in [-0.39, 0.29) is 11.5 Å². The molecule has 0 saturated carbocycles. The summed E-state index contributed by atoms with van der Waals surface area (Å²) in [6.45, 7) is 2.17. The van der Waals surface area contributed by atoms with Crippen LogP contribution in [0.1, 0.15) is 18.1 Å². The summed E-state index contributed by atoms with van der Waals surface area (Å²) in [5.74, 6) is 2.71.